The summed E-state index contributed by atoms with van der Waals surface area (Å²) in [5, 5.41) is 2.92. The number of benzene rings is 2. The number of urea groups is 1. The highest BCUT2D eigenvalue weighted by molar-refractivity contribution is 6.07. The molecule has 0 spiro atoms. The zero-order chi connectivity index (χ0) is 19.6. The normalized spacial score (nSPS) is 19.1. The fourth-order valence-corrected chi connectivity index (χ4v) is 3.63. The second-order valence-electron chi connectivity index (χ2n) is 6.85. The minimum Gasteiger partial charge on any atom is -0.444 e. The summed E-state index contributed by atoms with van der Waals surface area (Å²) in [5.74, 6) is 0.209. The van der Waals surface area contributed by atoms with E-state index < -0.39 is 11.6 Å². The Labute approximate surface area is 163 Å². The summed E-state index contributed by atoms with van der Waals surface area (Å²) in [5.41, 5.74) is 1.14. The van der Waals surface area contributed by atoms with Crippen molar-refractivity contribution in [2.75, 3.05) is 0 Å². The van der Waals surface area contributed by atoms with Crippen molar-refractivity contribution in [1.82, 2.24) is 15.2 Å². The van der Waals surface area contributed by atoms with E-state index in [4.69, 9.17) is 4.42 Å². The van der Waals surface area contributed by atoms with Crippen LogP contribution >= 0.6 is 0 Å². The van der Waals surface area contributed by atoms with E-state index in [-0.39, 0.29) is 12.5 Å². The Kier molecular flexibility index (Phi) is 4.69. The van der Waals surface area contributed by atoms with Gasteiger partial charge in [-0.2, -0.15) is 0 Å². The van der Waals surface area contributed by atoms with Crippen LogP contribution in [-0.2, 0) is 16.9 Å². The highest BCUT2D eigenvalue weighted by Gasteiger charge is 2.51. The number of nitrogens with zero attached hydrogens (tertiary/aromatic N) is 2. The Morgan fingerprint density at radius 3 is 2.39 bits per heavy atom. The third-order valence-electron chi connectivity index (χ3n) is 4.96. The fourth-order valence-electron chi connectivity index (χ4n) is 3.63. The van der Waals surface area contributed by atoms with Gasteiger partial charge in [0.15, 0.2) is 0 Å². The first kappa shape index (κ1) is 18.0. The molecule has 6 heteroatoms. The SMILES string of the molecule is CCCC1(c2ccccc2)NC(=O)N(Cc2coc(-c3ccccc3)n2)C1=O. The average Bonchev–Trinajstić information content (AvgIpc) is 3.29. The maximum atomic E-state index is 13.3. The molecule has 0 aliphatic carbocycles. The molecule has 142 valence electrons. The van der Waals surface area contributed by atoms with Gasteiger partial charge in [0.1, 0.15) is 11.8 Å². The number of oxazole rings is 1. The second-order valence-corrected chi connectivity index (χ2v) is 6.85. The Hall–Kier alpha value is -3.41. The van der Waals surface area contributed by atoms with Gasteiger partial charge in [-0.25, -0.2) is 9.78 Å². The predicted molar refractivity (Wildman–Crippen MR) is 104 cm³/mol. The molecule has 1 aliphatic heterocycles. The molecule has 1 atom stereocenters. The van der Waals surface area contributed by atoms with Crippen LogP contribution < -0.4 is 5.32 Å². The zero-order valence-corrected chi connectivity index (χ0v) is 15.6. The summed E-state index contributed by atoms with van der Waals surface area (Å²) in [4.78, 5) is 31.6. The van der Waals surface area contributed by atoms with Crippen molar-refractivity contribution >= 4 is 11.9 Å². The maximum absolute atomic E-state index is 13.3. The molecular formula is C22H21N3O3. The first-order valence-corrected chi connectivity index (χ1v) is 9.33. The van der Waals surface area contributed by atoms with E-state index in [1.807, 2.05) is 67.6 Å². The van der Waals surface area contributed by atoms with Crippen LogP contribution in [0.2, 0.25) is 0 Å². The topological polar surface area (TPSA) is 75.4 Å². The van der Waals surface area contributed by atoms with E-state index in [0.29, 0.717) is 18.0 Å². The summed E-state index contributed by atoms with van der Waals surface area (Å²) in [6, 6.07) is 18.5. The van der Waals surface area contributed by atoms with Crippen molar-refractivity contribution in [3.05, 3.63) is 78.2 Å². The highest BCUT2D eigenvalue weighted by Crippen LogP contribution is 2.34. The van der Waals surface area contributed by atoms with Crippen molar-refractivity contribution in [2.45, 2.75) is 31.8 Å². The average molecular weight is 375 g/mol. The Bertz CT molecular complexity index is 985. The predicted octanol–water partition coefficient (Wildman–Crippen LogP) is 4.09. The summed E-state index contributed by atoms with van der Waals surface area (Å²) >= 11 is 0. The molecule has 0 bridgehead atoms. The molecule has 1 unspecified atom stereocenters. The first-order valence-electron chi connectivity index (χ1n) is 9.33. The van der Waals surface area contributed by atoms with Crippen molar-refractivity contribution in [3.8, 4) is 11.5 Å². The van der Waals surface area contributed by atoms with Crippen molar-refractivity contribution in [3.63, 3.8) is 0 Å². The van der Waals surface area contributed by atoms with E-state index >= 15 is 0 Å². The van der Waals surface area contributed by atoms with Crippen LogP contribution in [0.25, 0.3) is 11.5 Å². The van der Waals surface area contributed by atoms with Gasteiger partial charge in [0.2, 0.25) is 5.89 Å². The molecule has 28 heavy (non-hydrogen) atoms. The fraction of sp³-hybridized carbons (Fsp3) is 0.227. The molecule has 4 rings (SSSR count). The molecule has 2 heterocycles. The smallest absolute Gasteiger partial charge is 0.325 e. The van der Waals surface area contributed by atoms with E-state index in [2.05, 4.69) is 10.3 Å². The van der Waals surface area contributed by atoms with Crippen LogP contribution in [0.1, 0.15) is 31.0 Å². The molecule has 1 aromatic heterocycles. The van der Waals surface area contributed by atoms with Crippen molar-refractivity contribution in [1.29, 1.82) is 0 Å². The van der Waals surface area contributed by atoms with Crippen LogP contribution in [0.4, 0.5) is 4.79 Å². The lowest BCUT2D eigenvalue weighted by Crippen LogP contribution is -2.43. The van der Waals surface area contributed by atoms with E-state index in [1.165, 1.54) is 11.2 Å². The van der Waals surface area contributed by atoms with Gasteiger partial charge < -0.3 is 9.73 Å². The molecule has 0 saturated carbocycles. The number of carbonyl (C=O) groups excluding carboxylic acids is 2. The van der Waals surface area contributed by atoms with E-state index in [0.717, 1.165) is 17.5 Å². The number of aromatic nitrogens is 1. The van der Waals surface area contributed by atoms with Crippen LogP contribution in [0.15, 0.2) is 71.3 Å². The number of hydrogen-bond donors (Lipinski definition) is 1. The summed E-state index contributed by atoms with van der Waals surface area (Å²) in [6.07, 6.45) is 2.79. The number of carbonyl (C=O) groups is 2. The Morgan fingerprint density at radius 2 is 1.71 bits per heavy atom. The van der Waals surface area contributed by atoms with Gasteiger partial charge in [-0.15, -0.1) is 0 Å². The minimum absolute atomic E-state index is 0.0687. The second kappa shape index (κ2) is 7.31. The van der Waals surface area contributed by atoms with Crippen molar-refractivity contribution in [2.24, 2.45) is 0 Å². The van der Waals surface area contributed by atoms with Gasteiger partial charge in [0, 0.05) is 5.56 Å². The molecule has 0 radical (unpaired) electrons. The van der Waals surface area contributed by atoms with Gasteiger partial charge in [-0.05, 0) is 24.1 Å². The van der Waals surface area contributed by atoms with Gasteiger partial charge in [-0.1, -0.05) is 61.9 Å². The monoisotopic (exact) mass is 375 g/mol. The third-order valence-corrected chi connectivity index (χ3v) is 4.96. The highest BCUT2D eigenvalue weighted by atomic mass is 16.3. The van der Waals surface area contributed by atoms with Crippen LogP contribution in [0, 0.1) is 0 Å². The number of amides is 3. The van der Waals surface area contributed by atoms with E-state index in [1.54, 1.807) is 0 Å². The summed E-state index contributed by atoms with van der Waals surface area (Å²) < 4.78 is 5.53. The Morgan fingerprint density at radius 1 is 1.04 bits per heavy atom. The number of rotatable bonds is 6. The summed E-state index contributed by atoms with van der Waals surface area (Å²) in [6.45, 7) is 2.07. The summed E-state index contributed by atoms with van der Waals surface area (Å²) in [7, 11) is 0. The molecule has 6 nitrogen and oxygen atoms in total. The van der Waals surface area contributed by atoms with Gasteiger partial charge >= 0.3 is 6.03 Å². The van der Waals surface area contributed by atoms with Crippen molar-refractivity contribution < 1.29 is 14.0 Å². The zero-order valence-electron chi connectivity index (χ0n) is 15.6. The molecule has 1 N–H and O–H groups in total. The van der Waals surface area contributed by atoms with Crippen LogP contribution in [-0.4, -0.2) is 21.8 Å². The van der Waals surface area contributed by atoms with Gasteiger partial charge in [0.25, 0.3) is 5.91 Å². The molecule has 3 aromatic rings. The number of nitrogens with one attached hydrogen (secondary N) is 1. The molecule has 1 fully saturated rings. The largest absolute Gasteiger partial charge is 0.444 e. The maximum Gasteiger partial charge on any atom is 0.325 e. The van der Waals surface area contributed by atoms with Crippen LogP contribution in [0.5, 0.6) is 0 Å². The number of imide groups is 1. The lowest BCUT2D eigenvalue weighted by molar-refractivity contribution is -0.132. The molecule has 3 amide bonds. The lowest BCUT2D eigenvalue weighted by atomic mass is 9.85. The van der Waals surface area contributed by atoms with E-state index in [9.17, 15) is 9.59 Å². The van der Waals surface area contributed by atoms with Gasteiger partial charge in [-0.3, -0.25) is 9.69 Å². The Balaban J connectivity index is 1.60. The standard InChI is InChI=1S/C22H21N3O3/c1-2-13-22(17-11-7-4-8-12-17)20(26)25(21(27)24-22)14-18-15-28-19(23-18)16-9-5-3-6-10-16/h3-12,15H,2,13-14H2,1H3,(H,24,27). The quantitative estimate of drug-likeness (QED) is 0.659. The minimum atomic E-state index is -1.03. The van der Waals surface area contributed by atoms with Crippen LogP contribution in [0.3, 0.4) is 0 Å². The molecule has 2 aromatic carbocycles. The number of hydrogen-bond acceptors (Lipinski definition) is 4. The molecule has 1 saturated heterocycles. The molecular weight excluding hydrogens is 354 g/mol. The van der Waals surface area contributed by atoms with Gasteiger partial charge in [0.05, 0.1) is 12.2 Å². The lowest BCUT2D eigenvalue weighted by Gasteiger charge is -2.26. The first-order chi connectivity index (χ1) is 13.6. The molecule has 1 aliphatic rings. The third kappa shape index (κ3) is 3.07.